The van der Waals surface area contributed by atoms with E-state index in [-0.39, 0.29) is 11.3 Å². The number of hydrogen-bond donors (Lipinski definition) is 0. The lowest BCUT2D eigenvalue weighted by molar-refractivity contribution is -0.131. The fraction of sp³-hybridized carbons (Fsp3) is 0.900. The third-order valence-corrected chi connectivity index (χ3v) is 3.47. The fourth-order valence-corrected chi connectivity index (χ4v) is 2.18. The summed E-state index contributed by atoms with van der Waals surface area (Å²) in [4.78, 5) is 13.6. The van der Waals surface area contributed by atoms with Crippen molar-refractivity contribution >= 4 is 5.91 Å². The predicted molar refractivity (Wildman–Crippen MR) is 49.3 cm³/mol. The second-order valence-corrected chi connectivity index (χ2v) is 4.27. The molecule has 13 heavy (non-hydrogen) atoms. The van der Waals surface area contributed by atoms with Gasteiger partial charge in [0, 0.05) is 31.5 Å². The van der Waals surface area contributed by atoms with Gasteiger partial charge in [-0.3, -0.25) is 4.79 Å². The lowest BCUT2D eigenvalue weighted by Gasteiger charge is -2.15. The Balaban J connectivity index is 1.94. The summed E-state index contributed by atoms with van der Waals surface area (Å²) in [5.41, 5.74) is 0.251. The van der Waals surface area contributed by atoms with Crippen LogP contribution in [0.15, 0.2) is 0 Å². The van der Waals surface area contributed by atoms with Gasteiger partial charge in [-0.25, -0.2) is 0 Å². The number of carbonyl (C=O) groups is 1. The van der Waals surface area contributed by atoms with Crippen LogP contribution in [0.3, 0.4) is 0 Å². The number of amides is 1. The van der Waals surface area contributed by atoms with Crippen LogP contribution in [-0.2, 0) is 9.53 Å². The van der Waals surface area contributed by atoms with E-state index in [0.29, 0.717) is 5.91 Å². The van der Waals surface area contributed by atoms with Crippen molar-refractivity contribution in [1.82, 2.24) is 4.90 Å². The number of nitrogens with zero attached hydrogens (tertiary/aromatic N) is 1. The minimum absolute atomic E-state index is 0.251. The van der Waals surface area contributed by atoms with Gasteiger partial charge < -0.3 is 9.64 Å². The van der Waals surface area contributed by atoms with Crippen molar-refractivity contribution < 1.29 is 9.53 Å². The lowest BCUT2D eigenvalue weighted by atomic mass is 10.0. The highest BCUT2D eigenvalue weighted by Gasteiger charge is 2.60. The Morgan fingerprint density at radius 1 is 1.69 bits per heavy atom. The van der Waals surface area contributed by atoms with Crippen LogP contribution < -0.4 is 0 Å². The van der Waals surface area contributed by atoms with Crippen molar-refractivity contribution in [3.05, 3.63) is 0 Å². The van der Waals surface area contributed by atoms with Crippen molar-refractivity contribution in [2.75, 3.05) is 26.8 Å². The standard InChI is InChI=1S/C10H17NO2/c1-3-11(2)9(12)8-6-10(8)4-5-13-7-10/h8H,3-7H2,1-2H3. The van der Waals surface area contributed by atoms with Gasteiger partial charge in [0.1, 0.15) is 0 Å². The maximum Gasteiger partial charge on any atom is 0.226 e. The van der Waals surface area contributed by atoms with Gasteiger partial charge in [0.25, 0.3) is 0 Å². The Morgan fingerprint density at radius 3 is 3.00 bits per heavy atom. The van der Waals surface area contributed by atoms with Crippen LogP contribution in [0, 0.1) is 11.3 Å². The van der Waals surface area contributed by atoms with Gasteiger partial charge in [0.2, 0.25) is 5.91 Å². The van der Waals surface area contributed by atoms with Gasteiger partial charge in [-0.1, -0.05) is 0 Å². The van der Waals surface area contributed by atoms with Crippen LogP contribution in [0.2, 0.25) is 0 Å². The largest absolute Gasteiger partial charge is 0.381 e. The molecule has 1 aliphatic heterocycles. The molecule has 0 aromatic rings. The molecule has 1 heterocycles. The molecule has 0 radical (unpaired) electrons. The molecule has 1 aliphatic carbocycles. The molecule has 3 nitrogen and oxygen atoms in total. The van der Waals surface area contributed by atoms with Crippen LogP contribution in [-0.4, -0.2) is 37.6 Å². The Morgan fingerprint density at radius 2 is 2.46 bits per heavy atom. The van der Waals surface area contributed by atoms with Crippen LogP contribution in [0.25, 0.3) is 0 Å². The van der Waals surface area contributed by atoms with Gasteiger partial charge in [0.15, 0.2) is 0 Å². The summed E-state index contributed by atoms with van der Waals surface area (Å²) in [6.07, 6.45) is 2.14. The molecule has 2 unspecified atom stereocenters. The minimum atomic E-state index is 0.251. The smallest absolute Gasteiger partial charge is 0.226 e. The SMILES string of the molecule is CCN(C)C(=O)C1CC12CCOC2. The zero-order valence-electron chi connectivity index (χ0n) is 8.38. The number of carbonyl (C=O) groups excluding carboxylic acids is 1. The fourth-order valence-electron chi connectivity index (χ4n) is 2.18. The molecule has 74 valence electrons. The van der Waals surface area contributed by atoms with E-state index in [2.05, 4.69) is 0 Å². The number of hydrogen-bond acceptors (Lipinski definition) is 2. The highest BCUT2D eigenvalue weighted by molar-refractivity contribution is 5.82. The first-order chi connectivity index (χ1) is 6.19. The first-order valence-corrected chi connectivity index (χ1v) is 5.02. The molecule has 0 N–H and O–H groups in total. The summed E-state index contributed by atoms with van der Waals surface area (Å²) in [6, 6.07) is 0. The third-order valence-electron chi connectivity index (χ3n) is 3.47. The Kier molecular flexibility index (Phi) is 2.06. The first kappa shape index (κ1) is 9.00. The van der Waals surface area contributed by atoms with Crippen molar-refractivity contribution in [3.8, 4) is 0 Å². The zero-order chi connectivity index (χ0) is 9.47. The van der Waals surface area contributed by atoms with Gasteiger partial charge in [-0.2, -0.15) is 0 Å². The van der Waals surface area contributed by atoms with Crippen LogP contribution in [0.5, 0.6) is 0 Å². The van der Waals surface area contributed by atoms with E-state index < -0.39 is 0 Å². The topological polar surface area (TPSA) is 29.5 Å². The molecule has 1 spiro atoms. The second-order valence-electron chi connectivity index (χ2n) is 4.27. The summed E-state index contributed by atoms with van der Waals surface area (Å²) < 4.78 is 5.35. The summed E-state index contributed by atoms with van der Waals surface area (Å²) in [5, 5.41) is 0. The van der Waals surface area contributed by atoms with Crippen molar-refractivity contribution in [1.29, 1.82) is 0 Å². The quantitative estimate of drug-likeness (QED) is 0.636. The van der Waals surface area contributed by atoms with Gasteiger partial charge in [-0.05, 0) is 19.8 Å². The van der Waals surface area contributed by atoms with Crippen LogP contribution in [0.4, 0.5) is 0 Å². The van der Waals surface area contributed by atoms with E-state index in [4.69, 9.17) is 4.74 Å². The summed E-state index contributed by atoms with van der Waals surface area (Å²) in [7, 11) is 1.88. The van der Waals surface area contributed by atoms with E-state index in [1.54, 1.807) is 0 Å². The average Bonchev–Trinajstić information content (AvgIpc) is 2.62. The number of rotatable bonds is 2. The van der Waals surface area contributed by atoms with Gasteiger partial charge in [-0.15, -0.1) is 0 Å². The molecule has 2 rings (SSSR count). The van der Waals surface area contributed by atoms with Crippen LogP contribution >= 0.6 is 0 Å². The van der Waals surface area contributed by atoms with Crippen molar-refractivity contribution in [3.63, 3.8) is 0 Å². The molecule has 2 fully saturated rings. The van der Waals surface area contributed by atoms with Crippen LogP contribution in [0.1, 0.15) is 19.8 Å². The van der Waals surface area contributed by atoms with E-state index >= 15 is 0 Å². The average molecular weight is 183 g/mol. The Labute approximate surface area is 79.0 Å². The molecule has 0 bridgehead atoms. The minimum Gasteiger partial charge on any atom is -0.381 e. The second kappa shape index (κ2) is 2.98. The maximum atomic E-state index is 11.8. The highest BCUT2D eigenvalue weighted by Crippen LogP contribution is 2.58. The molecule has 0 aromatic heterocycles. The van der Waals surface area contributed by atoms with E-state index in [9.17, 15) is 4.79 Å². The lowest BCUT2D eigenvalue weighted by Crippen LogP contribution is -2.29. The number of ether oxygens (including phenoxy) is 1. The summed E-state index contributed by atoms with van der Waals surface area (Å²) in [5.74, 6) is 0.577. The van der Waals surface area contributed by atoms with Gasteiger partial charge >= 0.3 is 0 Å². The van der Waals surface area contributed by atoms with Crippen molar-refractivity contribution in [2.24, 2.45) is 11.3 Å². The third kappa shape index (κ3) is 1.35. The molecular weight excluding hydrogens is 166 g/mol. The molecule has 2 atom stereocenters. The molecule has 1 amide bonds. The monoisotopic (exact) mass is 183 g/mol. The van der Waals surface area contributed by atoms with E-state index in [1.165, 1.54) is 0 Å². The molecular formula is C10H17NO2. The molecule has 3 heteroatoms. The molecule has 1 saturated heterocycles. The maximum absolute atomic E-state index is 11.8. The Bertz CT molecular complexity index is 221. The molecule has 2 aliphatic rings. The zero-order valence-corrected chi connectivity index (χ0v) is 8.38. The molecule has 0 aromatic carbocycles. The predicted octanol–water partition coefficient (Wildman–Crippen LogP) is 0.891. The van der Waals surface area contributed by atoms with E-state index in [0.717, 1.165) is 32.6 Å². The van der Waals surface area contributed by atoms with E-state index in [1.807, 2.05) is 18.9 Å². The van der Waals surface area contributed by atoms with Gasteiger partial charge in [0.05, 0.1) is 6.61 Å². The van der Waals surface area contributed by atoms with Crippen molar-refractivity contribution in [2.45, 2.75) is 19.8 Å². The first-order valence-electron chi connectivity index (χ1n) is 5.02. The molecule has 1 saturated carbocycles. The summed E-state index contributed by atoms with van der Waals surface area (Å²) in [6.45, 7) is 4.48. The summed E-state index contributed by atoms with van der Waals surface area (Å²) >= 11 is 0. The highest BCUT2D eigenvalue weighted by atomic mass is 16.5. The normalized spacial score (nSPS) is 36.6. The Hall–Kier alpha value is -0.570.